The maximum atomic E-state index is 13.2. The highest BCUT2D eigenvalue weighted by Crippen LogP contribution is 2.17. The van der Waals surface area contributed by atoms with Gasteiger partial charge in [0.25, 0.3) is 0 Å². The summed E-state index contributed by atoms with van der Waals surface area (Å²) in [6, 6.07) is -0.713. The van der Waals surface area contributed by atoms with Crippen LogP contribution in [-0.2, 0) is 14.3 Å². The molecule has 350 valence electrons. The molecule has 0 heterocycles. The number of aliphatic hydroxyl groups excluding tert-OH is 2. The largest absolute Gasteiger partial charge is 0.462 e. The number of esters is 1. The summed E-state index contributed by atoms with van der Waals surface area (Å²) in [4.78, 5) is 26.1. The number of carbonyl (C=O) groups is 2. The number of aliphatic hydroxyl groups is 2. The first-order valence-electron chi connectivity index (χ1n) is 25.9. The molecule has 0 bridgehead atoms. The number of unbranched alkanes of at least 4 members (excludes halogenated alkanes) is 26. The van der Waals surface area contributed by atoms with Crippen molar-refractivity contribution in [2.24, 2.45) is 0 Å². The molecule has 0 aliphatic rings. The van der Waals surface area contributed by atoms with Crippen LogP contribution in [0.3, 0.4) is 0 Å². The topological polar surface area (TPSA) is 95.9 Å². The van der Waals surface area contributed by atoms with E-state index in [0.717, 1.165) is 77.0 Å². The van der Waals surface area contributed by atoms with Crippen LogP contribution >= 0.6 is 0 Å². The van der Waals surface area contributed by atoms with Crippen LogP contribution in [-0.4, -0.2) is 46.9 Å². The predicted octanol–water partition coefficient (Wildman–Crippen LogP) is 15.5. The van der Waals surface area contributed by atoms with Crippen LogP contribution in [0.4, 0.5) is 0 Å². The summed E-state index contributed by atoms with van der Waals surface area (Å²) in [6.45, 7) is 6.35. The Morgan fingerprint density at radius 3 is 1.42 bits per heavy atom. The maximum Gasteiger partial charge on any atom is 0.306 e. The van der Waals surface area contributed by atoms with Gasteiger partial charge in [-0.05, 0) is 83.5 Å². The lowest BCUT2D eigenvalue weighted by Gasteiger charge is -2.24. The minimum absolute atomic E-state index is 0.0506. The third-order valence-corrected chi connectivity index (χ3v) is 11.6. The minimum Gasteiger partial charge on any atom is -0.462 e. The lowest BCUT2D eigenvalue weighted by atomic mass is 10.0. The third kappa shape index (κ3) is 42.5. The van der Waals surface area contributed by atoms with Gasteiger partial charge < -0.3 is 20.3 Å². The van der Waals surface area contributed by atoms with Crippen LogP contribution in [0.5, 0.6) is 0 Å². The van der Waals surface area contributed by atoms with E-state index < -0.39 is 18.2 Å². The highest BCUT2D eigenvalue weighted by Gasteiger charge is 2.24. The molecule has 3 atom stereocenters. The minimum atomic E-state index is -0.798. The zero-order chi connectivity index (χ0) is 43.8. The summed E-state index contributed by atoms with van der Waals surface area (Å²) in [5.74, 6) is -0.513. The van der Waals surface area contributed by atoms with E-state index in [9.17, 15) is 19.8 Å². The van der Waals surface area contributed by atoms with E-state index in [0.29, 0.717) is 19.3 Å². The first kappa shape index (κ1) is 57.8. The SMILES string of the molecule is CC/C=C/C/C=C/C/C=C/CCCCC(CC(=O)NC(CO)C(O)CCCCCCCCCCCCCCCC)OC(=O)CCCCCCCCC/C=C\CCCCCC. The molecule has 0 saturated heterocycles. The Labute approximate surface area is 372 Å². The molecule has 0 radical (unpaired) electrons. The van der Waals surface area contributed by atoms with Crippen LogP contribution in [0, 0.1) is 0 Å². The molecule has 6 nitrogen and oxygen atoms in total. The van der Waals surface area contributed by atoms with Crippen molar-refractivity contribution in [2.45, 2.75) is 277 Å². The lowest BCUT2D eigenvalue weighted by molar-refractivity contribution is -0.151. The molecule has 0 aromatic carbocycles. The summed E-state index contributed by atoms with van der Waals surface area (Å²) < 4.78 is 5.91. The van der Waals surface area contributed by atoms with Gasteiger partial charge in [0.1, 0.15) is 6.10 Å². The molecule has 0 aromatic heterocycles. The van der Waals surface area contributed by atoms with Crippen molar-refractivity contribution in [3.05, 3.63) is 48.6 Å². The fourth-order valence-corrected chi connectivity index (χ4v) is 7.73. The van der Waals surface area contributed by atoms with E-state index in [1.54, 1.807) is 0 Å². The fraction of sp³-hybridized carbons (Fsp3) is 0.815. The predicted molar refractivity (Wildman–Crippen MR) is 259 cm³/mol. The van der Waals surface area contributed by atoms with E-state index in [2.05, 4.69) is 74.7 Å². The number of hydrogen-bond donors (Lipinski definition) is 3. The van der Waals surface area contributed by atoms with Gasteiger partial charge in [0.15, 0.2) is 0 Å². The molecule has 3 unspecified atom stereocenters. The van der Waals surface area contributed by atoms with Crippen molar-refractivity contribution in [1.29, 1.82) is 0 Å². The molecule has 0 spiro atoms. The van der Waals surface area contributed by atoms with E-state index in [-0.39, 0.29) is 24.9 Å². The lowest BCUT2D eigenvalue weighted by Crippen LogP contribution is -2.46. The quantitative estimate of drug-likeness (QED) is 0.0322. The third-order valence-electron chi connectivity index (χ3n) is 11.6. The Morgan fingerprint density at radius 2 is 0.900 bits per heavy atom. The molecule has 3 N–H and O–H groups in total. The Kier molecular flexibility index (Phi) is 46.1. The molecule has 0 aromatic rings. The zero-order valence-electron chi connectivity index (χ0n) is 39.8. The second-order valence-electron chi connectivity index (χ2n) is 17.5. The van der Waals surface area contributed by atoms with E-state index in [4.69, 9.17) is 4.74 Å². The molecule has 0 aliphatic heterocycles. The van der Waals surface area contributed by atoms with Gasteiger partial charge in [0.2, 0.25) is 5.91 Å². The van der Waals surface area contributed by atoms with Crippen LogP contribution < -0.4 is 5.32 Å². The van der Waals surface area contributed by atoms with Gasteiger partial charge in [0.05, 0.1) is 25.2 Å². The highest BCUT2D eigenvalue weighted by atomic mass is 16.5. The Hall–Kier alpha value is -2.18. The van der Waals surface area contributed by atoms with Gasteiger partial charge >= 0.3 is 5.97 Å². The van der Waals surface area contributed by atoms with E-state index in [1.807, 2.05) is 0 Å². The number of ether oxygens (including phenoxy) is 1. The molecule has 6 heteroatoms. The maximum absolute atomic E-state index is 13.2. The smallest absolute Gasteiger partial charge is 0.306 e. The zero-order valence-corrected chi connectivity index (χ0v) is 39.8. The summed E-state index contributed by atoms with van der Waals surface area (Å²) in [5, 5.41) is 23.8. The highest BCUT2D eigenvalue weighted by molar-refractivity contribution is 5.77. The van der Waals surface area contributed by atoms with Crippen molar-refractivity contribution < 1.29 is 24.5 Å². The number of nitrogens with one attached hydrogen (secondary N) is 1. The first-order chi connectivity index (χ1) is 29.5. The van der Waals surface area contributed by atoms with Crippen LogP contribution in [0.25, 0.3) is 0 Å². The van der Waals surface area contributed by atoms with Gasteiger partial charge in [-0.15, -0.1) is 0 Å². The number of rotatable bonds is 46. The molecule has 1 amide bonds. The fourth-order valence-electron chi connectivity index (χ4n) is 7.73. The summed E-state index contributed by atoms with van der Waals surface area (Å²) in [7, 11) is 0. The number of amides is 1. The monoisotopic (exact) mass is 842 g/mol. The number of allylic oxidation sites excluding steroid dienone is 8. The standard InChI is InChI=1S/C54H99NO5/c1-4-7-10-13-16-19-22-25-27-29-32-35-38-41-44-47-54(59)60-50(45-42-39-36-33-30-24-21-18-15-12-9-6-3)48-53(58)55-51(49-56)52(57)46-43-40-37-34-31-28-26-23-20-17-14-11-8-5-2/h9,12,18-19,21-22,30,33,50-52,56-57H,4-8,10-11,13-17,20,23-29,31-32,34-49H2,1-3H3,(H,55,58)/b12-9+,21-18+,22-19-,33-30+. The van der Waals surface area contributed by atoms with Gasteiger partial charge in [0, 0.05) is 6.42 Å². The summed E-state index contributed by atoms with van der Waals surface area (Å²) in [5.41, 5.74) is 0. The molecule has 0 fully saturated rings. The van der Waals surface area contributed by atoms with E-state index >= 15 is 0 Å². The van der Waals surface area contributed by atoms with Gasteiger partial charge in [-0.25, -0.2) is 0 Å². The summed E-state index contributed by atoms with van der Waals surface area (Å²) in [6.07, 6.45) is 57.4. The second-order valence-corrected chi connectivity index (χ2v) is 17.5. The second kappa shape index (κ2) is 47.9. The number of hydrogen-bond acceptors (Lipinski definition) is 5. The molecular formula is C54H99NO5. The van der Waals surface area contributed by atoms with Crippen molar-refractivity contribution in [3.63, 3.8) is 0 Å². The molecule has 0 saturated carbocycles. The Bertz CT molecular complexity index is 1040. The summed E-state index contributed by atoms with van der Waals surface area (Å²) >= 11 is 0. The molecular weight excluding hydrogens is 743 g/mol. The average Bonchev–Trinajstić information content (AvgIpc) is 3.24. The van der Waals surface area contributed by atoms with Crippen LogP contribution in [0.1, 0.15) is 258 Å². The first-order valence-corrected chi connectivity index (χ1v) is 25.9. The van der Waals surface area contributed by atoms with Crippen molar-refractivity contribution in [1.82, 2.24) is 5.32 Å². The molecule has 0 rings (SSSR count). The van der Waals surface area contributed by atoms with Gasteiger partial charge in [-0.2, -0.15) is 0 Å². The van der Waals surface area contributed by atoms with Gasteiger partial charge in [-0.3, -0.25) is 9.59 Å². The normalized spacial score (nSPS) is 13.6. The van der Waals surface area contributed by atoms with Gasteiger partial charge in [-0.1, -0.05) is 211 Å². The Morgan fingerprint density at radius 1 is 0.500 bits per heavy atom. The van der Waals surface area contributed by atoms with Crippen molar-refractivity contribution in [2.75, 3.05) is 6.61 Å². The molecule has 0 aliphatic carbocycles. The van der Waals surface area contributed by atoms with E-state index in [1.165, 1.54) is 135 Å². The van der Waals surface area contributed by atoms with Crippen molar-refractivity contribution >= 4 is 11.9 Å². The Balaban J connectivity index is 4.58. The van der Waals surface area contributed by atoms with Crippen LogP contribution in [0.15, 0.2) is 48.6 Å². The molecule has 60 heavy (non-hydrogen) atoms. The van der Waals surface area contributed by atoms with Crippen molar-refractivity contribution in [3.8, 4) is 0 Å². The van der Waals surface area contributed by atoms with Crippen LogP contribution in [0.2, 0.25) is 0 Å². The number of carbonyl (C=O) groups excluding carboxylic acids is 2. The average molecular weight is 842 g/mol.